The van der Waals surface area contributed by atoms with Crippen molar-refractivity contribution in [2.75, 3.05) is 26.7 Å². The van der Waals surface area contributed by atoms with Gasteiger partial charge in [0, 0.05) is 25.2 Å². The molecule has 5 heteroatoms. The van der Waals surface area contributed by atoms with Crippen molar-refractivity contribution in [2.45, 2.75) is 32.2 Å². The SMILES string of the molecule is CCCNC1CCN(C(=O)c2ccc(OC)cc2O)CC1. The second-order valence-corrected chi connectivity index (χ2v) is 5.40. The topological polar surface area (TPSA) is 61.8 Å². The van der Waals surface area contributed by atoms with E-state index in [9.17, 15) is 9.90 Å². The van der Waals surface area contributed by atoms with Crippen LogP contribution in [0.5, 0.6) is 11.5 Å². The van der Waals surface area contributed by atoms with Crippen LogP contribution in [0.4, 0.5) is 0 Å². The maximum absolute atomic E-state index is 12.4. The minimum absolute atomic E-state index is 0.0226. The first-order chi connectivity index (χ1) is 10.2. The zero-order chi connectivity index (χ0) is 15.2. The number of carbonyl (C=O) groups is 1. The molecule has 1 aliphatic rings. The summed E-state index contributed by atoms with van der Waals surface area (Å²) < 4.78 is 5.03. The van der Waals surface area contributed by atoms with Crippen LogP contribution in [0.15, 0.2) is 18.2 Å². The van der Waals surface area contributed by atoms with Gasteiger partial charge in [-0.25, -0.2) is 0 Å². The maximum atomic E-state index is 12.4. The lowest BCUT2D eigenvalue weighted by Gasteiger charge is -2.32. The van der Waals surface area contributed by atoms with E-state index in [1.165, 1.54) is 13.2 Å². The zero-order valence-corrected chi connectivity index (χ0v) is 12.8. The molecular formula is C16H24N2O3. The van der Waals surface area contributed by atoms with Crippen molar-refractivity contribution >= 4 is 5.91 Å². The molecule has 1 heterocycles. The molecule has 1 aliphatic heterocycles. The Morgan fingerprint density at radius 3 is 2.71 bits per heavy atom. The molecule has 5 nitrogen and oxygen atoms in total. The van der Waals surface area contributed by atoms with Gasteiger partial charge in [-0.15, -0.1) is 0 Å². The molecule has 0 aliphatic carbocycles. The van der Waals surface area contributed by atoms with E-state index < -0.39 is 0 Å². The van der Waals surface area contributed by atoms with Crippen LogP contribution >= 0.6 is 0 Å². The fourth-order valence-corrected chi connectivity index (χ4v) is 2.62. The summed E-state index contributed by atoms with van der Waals surface area (Å²) in [5.41, 5.74) is 0.343. The highest BCUT2D eigenvalue weighted by Crippen LogP contribution is 2.25. The van der Waals surface area contributed by atoms with Gasteiger partial charge in [-0.1, -0.05) is 6.92 Å². The highest BCUT2D eigenvalue weighted by atomic mass is 16.5. The predicted octanol–water partition coefficient (Wildman–Crippen LogP) is 2.00. The summed E-state index contributed by atoms with van der Waals surface area (Å²) in [6, 6.07) is 5.29. The van der Waals surface area contributed by atoms with Gasteiger partial charge in [0.2, 0.25) is 0 Å². The molecule has 1 aromatic rings. The summed E-state index contributed by atoms with van der Waals surface area (Å²) in [4.78, 5) is 14.3. The Kier molecular flexibility index (Phi) is 5.44. The average molecular weight is 292 g/mol. The number of benzene rings is 1. The number of nitrogens with zero attached hydrogens (tertiary/aromatic N) is 1. The van der Waals surface area contributed by atoms with Crippen LogP contribution in [0.2, 0.25) is 0 Å². The van der Waals surface area contributed by atoms with Gasteiger partial charge in [0.1, 0.15) is 11.5 Å². The largest absolute Gasteiger partial charge is 0.507 e. The lowest BCUT2D eigenvalue weighted by molar-refractivity contribution is 0.0702. The number of hydrogen-bond donors (Lipinski definition) is 2. The molecular weight excluding hydrogens is 268 g/mol. The monoisotopic (exact) mass is 292 g/mol. The molecule has 1 saturated heterocycles. The Morgan fingerprint density at radius 2 is 2.14 bits per heavy atom. The molecule has 0 radical (unpaired) electrons. The van der Waals surface area contributed by atoms with Crippen molar-refractivity contribution in [1.29, 1.82) is 0 Å². The van der Waals surface area contributed by atoms with Crippen LogP contribution in [0.1, 0.15) is 36.5 Å². The van der Waals surface area contributed by atoms with Gasteiger partial charge in [0.25, 0.3) is 5.91 Å². The van der Waals surface area contributed by atoms with E-state index in [0.717, 1.165) is 38.9 Å². The Balaban J connectivity index is 1.95. The number of likely N-dealkylation sites (tertiary alicyclic amines) is 1. The molecule has 1 amide bonds. The van der Waals surface area contributed by atoms with Crippen LogP contribution in [-0.2, 0) is 0 Å². The smallest absolute Gasteiger partial charge is 0.257 e. The Hall–Kier alpha value is -1.75. The number of rotatable bonds is 5. The quantitative estimate of drug-likeness (QED) is 0.871. The summed E-state index contributed by atoms with van der Waals surface area (Å²) in [6.45, 7) is 4.63. The van der Waals surface area contributed by atoms with Crippen molar-refractivity contribution in [3.8, 4) is 11.5 Å². The van der Waals surface area contributed by atoms with Crippen molar-refractivity contribution in [3.63, 3.8) is 0 Å². The first kappa shape index (κ1) is 15.6. The molecule has 2 N–H and O–H groups in total. The molecule has 2 rings (SSSR count). The predicted molar refractivity (Wildman–Crippen MR) is 81.9 cm³/mol. The first-order valence-corrected chi connectivity index (χ1v) is 7.55. The summed E-state index contributed by atoms with van der Waals surface area (Å²) in [5, 5.41) is 13.4. The average Bonchev–Trinajstić information content (AvgIpc) is 2.52. The standard InChI is InChI=1S/C16H24N2O3/c1-3-8-17-12-6-9-18(10-7-12)16(20)14-5-4-13(21-2)11-15(14)19/h4-5,11-12,17,19H,3,6-10H2,1-2H3. The number of nitrogens with one attached hydrogen (secondary N) is 1. The van der Waals surface area contributed by atoms with Crippen LogP contribution in [-0.4, -0.2) is 48.7 Å². The minimum atomic E-state index is -0.107. The third-order valence-electron chi connectivity index (χ3n) is 3.90. The Labute approximate surface area is 125 Å². The fraction of sp³-hybridized carbons (Fsp3) is 0.562. The van der Waals surface area contributed by atoms with E-state index in [-0.39, 0.29) is 11.7 Å². The molecule has 1 aromatic carbocycles. The molecule has 0 unspecified atom stereocenters. The van der Waals surface area contributed by atoms with E-state index >= 15 is 0 Å². The van der Waals surface area contributed by atoms with E-state index in [4.69, 9.17) is 4.74 Å². The van der Waals surface area contributed by atoms with Crippen molar-refractivity contribution in [1.82, 2.24) is 10.2 Å². The van der Waals surface area contributed by atoms with Crippen LogP contribution in [0.3, 0.4) is 0 Å². The number of amides is 1. The van der Waals surface area contributed by atoms with Gasteiger partial charge < -0.3 is 20.1 Å². The lowest BCUT2D eigenvalue weighted by atomic mass is 10.0. The van der Waals surface area contributed by atoms with Gasteiger partial charge in [0.05, 0.1) is 12.7 Å². The van der Waals surface area contributed by atoms with Crippen molar-refractivity contribution in [3.05, 3.63) is 23.8 Å². The third kappa shape index (κ3) is 3.88. The summed E-state index contributed by atoms with van der Waals surface area (Å²) in [5.74, 6) is 0.418. The van der Waals surface area contributed by atoms with E-state index in [0.29, 0.717) is 17.4 Å². The summed E-state index contributed by atoms with van der Waals surface area (Å²) in [7, 11) is 1.53. The second kappa shape index (κ2) is 7.31. The highest BCUT2D eigenvalue weighted by Gasteiger charge is 2.24. The highest BCUT2D eigenvalue weighted by molar-refractivity contribution is 5.97. The Bertz CT molecular complexity index is 482. The molecule has 0 atom stereocenters. The number of hydrogen-bond acceptors (Lipinski definition) is 4. The summed E-state index contributed by atoms with van der Waals surface area (Å²) >= 11 is 0. The number of aromatic hydroxyl groups is 1. The number of methoxy groups -OCH3 is 1. The van der Waals surface area contributed by atoms with Gasteiger partial charge in [-0.3, -0.25) is 4.79 Å². The number of ether oxygens (including phenoxy) is 1. The second-order valence-electron chi connectivity index (χ2n) is 5.40. The molecule has 0 aromatic heterocycles. The lowest BCUT2D eigenvalue weighted by Crippen LogP contribution is -2.45. The van der Waals surface area contributed by atoms with Gasteiger partial charge >= 0.3 is 0 Å². The Morgan fingerprint density at radius 1 is 1.43 bits per heavy atom. The number of piperidine rings is 1. The first-order valence-electron chi connectivity index (χ1n) is 7.55. The zero-order valence-electron chi connectivity index (χ0n) is 12.8. The van der Waals surface area contributed by atoms with Gasteiger partial charge in [-0.2, -0.15) is 0 Å². The number of carbonyl (C=O) groups excluding carboxylic acids is 1. The van der Waals surface area contributed by atoms with Gasteiger partial charge in [-0.05, 0) is 37.9 Å². The molecule has 1 fully saturated rings. The molecule has 0 bridgehead atoms. The number of phenols is 1. The van der Waals surface area contributed by atoms with Crippen LogP contribution in [0, 0.1) is 0 Å². The molecule has 0 spiro atoms. The normalized spacial score (nSPS) is 16.0. The molecule has 0 saturated carbocycles. The molecule has 116 valence electrons. The van der Waals surface area contributed by atoms with Crippen molar-refractivity contribution < 1.29 is 14.6 Å². The van der Waals surface area contributed by atoms with E-state index in [1.54, 1.807) is 12.1 Å². The van der Waals surface area contributed by atoms with E-state index in [1.807, 2.05) is 4.90 Å². The fourth-order valence-electron chi connectivity index (χ4n) is 2.62. The van der Waals surface area contributed by atoms with Crippen molar-refractivity contribution in [2.24, 2.45) is 0 Å². The third-order valence-corrected chi connectivity index (χ3v) is 3.90. The van der Waals surface area contributed by atoms with E-state index in [2.05, 4.69) is 12.2 Å². The van der Waals surface area contributed by atoms with Crippen LogP contribution in [0.25, 0.3) is 0 Å². The maximum Gasteiger partial charge on any atom is 0.257 e. The molecule has 21 heavy (non-hydrogen) atoms. The van der Waals surface area contributed by atoms with Crippen LogP contribution < -0.4 is 10.1 Å². The minimum Gasteiger partial charge on any atom is -0.507 e. The summed E-state index contributed by atoms with van der Waals surface area (Å²) in [6.07, 6.45) is 3.05. The number of phenolic OH excluding ortho intramolecular Hbond substituents is 1. The van der Waals surface area contributed by atoms with Gasteiger partial charge in [0.15, 0.2) is 0 Å².